The second-order valence-corrected chi connectivity index (χ2v) is 7.00. The summed E-state index contributed by atoms with van der Waals surface area (Å²) in [6, 6.07) is 11.6. The minimum absolute atomic E-state index is 0.125. The molecule has 0 amide bonds. The summed E-state index contributed by atoms with van der Waals surface area (Å²) in [7, 11) is 3.66. The van der Waals surface area contributed by atoms with Crippen molar-refractivity contribution in [3.05, 3.63) is 71.7 Å². The Morgan fingerprint density at radius 3 is 2.83 bits per heavy atom. The van der Waals surface area contributed by atoms with Crippen LogP contribution in [0.3, 0.4) is 0 Å². The van der Waals surface area contributed by atoms with Gasteiger partial charge in [-0.15, -0.1) is 0 Å². The van der Waals surface area contributed by atoms with Gasteiger partial charge in [-0.2, -0.15) is 5.26 Å². The molecule has 1 saturated heterocycles. The van der Waals surface area contributed by atoms with Crippen molar-refractivity contribution in [3.63, 3.8) is 0 Å². The molecule has 148 valence electrons. The molecule has 0 aliphatic carbocycles. The number of morpholine rings is 1. The first-order valence-corrected chi connectivity index (χ1v) is 9.51. The van der Waals surface area contributed by atoms with Crippen LogP contribution in [0.4, 0.5) is 0 Å². The number of methoxy groups -OCH3 is 1. The zero-order valence-electron chi connectivity index (χ0n) is 16.5. The monoisotopic (exact) mass is 389 g/mol. The molecule has 0 radical (unpaired) electrons. The summed E-state index contributed by atoms with van der Waals surface area (Å²) < 4.78 is 11.6. The molecule has 7 heteroatoms. The fourth-order valence-corrected chi connectivity index (χ4v) is 3.68. The largest absolute Gasteiger partial charge is 0.496 e. The number of benzene rings is 1. The Labute approximate surface area is 170 Å². The number of aliphatic imine (C=N–C) groups is 1. The molecule has 1 aromatic carbocycles. The average molecular weight is 389 g/mol. The first-order chi connectivity index (χ1) is 14.2. The Hall–Kier alpha value is -3.21. The maximum absolute atomic E-state index is 9.27. The van der Waals surface area contributed by atoms with Crippen LogP contribution in [0.1, 0.15) is 22.8 Å². The normalized spacial score (nSPS) is 22.1. The molecule has 1 fully saturated rings. The Kier molecular flexibility index (Phi) is 5.56. The van der Waals surface area contributed by atoms with E-state index in [1.165, 1.54) is 0 Å². The number of nitriles is 1. The van der Waals surface area contributed by atoms with E-state index in [9.17, 15) is 5.26 Å². The summed E-state index contributed by atoms with van der Waals surface area (Å²) >= 11 is 0. The zero-order chi connectivity index (χ0) is 20.2. The highest BCUT2D eigenvalue weighted by atomic mass is 16.5. The summed E-state index contributed by atoms with van der Waals surface area (Å²) in [4.78, 5) is 13.4. The van der Waals surface area contributed by atoms with Gasteiger partial charge in [0.2, 0.25) is 0 Å². The summed E-state index contributed by atoms with van der Waals surface area (Å²) in [5.41, 5.74) is 3.46. The topological polar surface area (TPSA) is 74.0 Å². The van der Waals surface area contributed by atoms with Gasteiger partial charge >= 0.3 is 0 Å². The first-order valence-electron chi connectivity index (χ1n) is 9.51. The molecule has 2 aliphatic rings. The van der Waals surface area contributed by atoms with Crippen LogP contribution >= 0.6 is 0 Å². The van der Waals surface area contributed by atoms with E-state index >= 15 is 0 Å². The Balaban J connectivity index is 1.59. The number of aromatic nitrogens is 1. The molecule has 3 heterocycles. The predicted molar refractivity (Wildman–Crippen MR) is 109 cm³/mol. The van der Waals surface area contributed by atoms with Crippen LogP contribution in [0.15, 0.2) is 60.0 Å². The lowest BCUT2D eigenvalue weighted by atomic mass is 10.0. The van der Waals surface area contributed by atoms with Crippen LogP contribution in [0.5, 0.6) is 5.75 Å². The van der Waals surface area contributed by atoms with Crippen LogP contribution in [0.2, 0.25) is 0 Å². The molecule has 1 aromatic heterocycles. The van der Waals surface area contributed by atoms with E-state index in [1.54, 1.807) is 25.6 Å². The highest BCUT2D eigenvalue weighted by Crippen LogP contribution is 2.32. The molecular weight excluding hydrogens is 366 g/mol. The second-order valence-electron chi connectivity index (χ2n) is 7.00. The van der Waals surface area contributed by atoms with E-state index < -0.39 is 0 Å². The smallest absolute Gasteiger partial charge is 0.178 e. The van der Waals surface area contributed by atoms with Crippen molar-refractivity contribution >= 4 is 5.71 Å². The van der Waals surface area contributed by atoms with Crippen molar-refractivity contribution < 1.29 is 9.47 Å². The van der Waals surface area contributed by atoms with Gasteiger partial charge in [-0.1, -0.05) is 0 Å². The Morgan fingerprint density at radius 2 is 2.07 bits per heavy atom. The number of rotatable bonds is 4. The summed E-state index contributed by atoms with van der Waals surface area (Å²) in [6.07, 6.45) is 7.31. The summed E-state index contributed by atoms with van der Waals surface area (Å²) in [6.45, 7) is 2.01. The van der Waals surface area contributed by atoms with E-state index in [0.29, 0.717) is 18.7 Å². The van der Waals surface area contributed by atoms with Gasteiger partial charge in [0.1, 0.15) is 5.75 Å². The third-order valence-electron chi connectivity index (χ3n) is 5.19. The summed E-state index contributed by atoms with van der Waals surface area (Å²) in [5, 5.41) is 9.27. The molecule has 2 aliphatic heterocycles. The quantitative estimate of drug-likeness (QED) is 0.800. The lowest BCUT2D eigenvalue weighted by molar-refractivity contribution is -0.0639. The van der Waals surface area contributed by atoms with Crippen LogP contribution in [-0.4, -0.2) is 60.6 Å². The number of ether oxygens (including phenoxy) is 2. The van der Waals surface area contributed by atoms with Gasteiger partial charge in [0, 0.05) is 49.9 Å². The van der Waals surface area contributed by atoms with E-state index in [0.717, 1.165) is 29.1 Å². The number of allylic oxidation sites excluding steroid dienone is 1. The highest BCUT2D eigenvalue weighted by molar-refractivity contribution is 6.08. The molecule has 0 N–H and O–H groups in total. The fraction of sp³-hybridized carbons (Fsp3) is 0.318. The molecule has 0 saturated carbocycles. The number of hydrogen-bond donors (Lipinski definition) is 0. The van der Waals surface area contributed by atoms with Crippen LogP contribution in [0, 0.1) is 11.3 Å². The molecule has 0 bridgehead atoms. The minimum Gasteiger partial charge on any atom is -0.496 e. The molecule has 7 nitrogen and oxygen atoms in total. The first kappa shape index (κ1) is 19.1. The molecule has 2 atom stereocenters. The van der Waals surface area contributed by atoms with E-state index in [-0.39, 0.29) is 12.4 Å². The van der Waals surface area contributed by atoms with Gasteiger partial charge in [0.25, 0.3) is 0 Å². The van der Waals surface area contributed by atoms with Crippen molar-refractivity contribution in [2.75, 3.05) is 33.9 Å². The standard InChI is InChI=1S/C22H23N5O2/c1-26-10-7-19(17-5-8-24-9-6-17)25-22(26)27-11-12-29-21(15-27)18-13-16(14-23)3-4-20(18)28-2/h3-10,13,21-22H,11-12,15H2,1-2H3/t21?,22-/m1/s1. The SMILES string of the molecule is COc1ccc(C#N)cc1C1CN([C@@H]2N=C(c3ccncc3)C=CN2C)CCO1. The Morgan fingerprint density at radius 1 is 1.24 bits per heavy atom. The molecule has 1 unspecified atom stereocenters. The number of nitrogens with zero attached hydrogens (tertiary/aromatic N) is 5. The molecular formula is C22H23N5O2. The molecule has 0 spiro atoms. The zero-order valence-corrected chi connectivity index (χ0v) is 16.5. The van der Waals surface area contributed by atoms with E-state index in [1.807, 2.05) is 37.4 Å². The van der Waals surface area contributed by atoms with Gasteiger partial charge in [-0.05, 0) is 36.4 Å². The maximum Gasteiger partial charge on any atom is 0.178 e. The highest BCUT2D eigenvalue weighted by Gasteiger charge is 2.31. The summed E-state index contributed by atoms with van der Waals surface area (Å²) in [5.74, 6) is 0.730. The number of hydrogen-bond acceptors (Lipinski definition) is 7. The minimum atomic E-state index is -0.189. The van der Waals surface area contributed by atoms with Crippen molar-refractivity contribution in [1.82, 2.24) is 14.8 Å². The maximum atomic E-state index is 9.27. The van der Waals surface area contributed by atoms with Crippen LogP contribution < -0.4 is 4.74 Å². The van der Waals surface area contributed by atoms with Crippen molar-refractivity contribution in [2.24, 2.45) is 4.99 Å². The lowest BCUT2D eigenvalue weighted by Crippen LogP contribution is -2.50. The van der Waals surface area contributed by atoms with Gasteiger partial charge in [-0.25, -0.2) is 4.99 Å². The molecule has 29 heavy (non-hydrogen) atoms. The van der Waals surface area contributed by atoms with Gasteiger partial charge in [0.15, 0.2) is 6.29 Å². The van der Waals surface area contributed by atoms with E-state index in [4.69, 9.17) is 14.5 Å². The molecule has 4 rings (SSSR count). The second kappa shape index (κ2) is 8.43. The lowest BCUT2D eigenvalue weighted by Gasteiger charge is -2.41. The van der Waals surface area contributed by atoms with Gasteiger partial charge in [-0.3, -0.25) is 9.88 Å². The Bertz CT molecular complexity index is 967. The third kappa shape index (κ3) is 3.99. The van der Waals surface area contributed by atoms with Crippen molar-refractivity contribution in [2.45, 2.75) is 12.4 Å². The van der Waals surface area contributed by atoms with Gasteiger partial charge < -0.3 is 14.4 Å². The third-order valence-corrected chi connectivity index (χ3v) is 5.19. The number of pyridine rings is 1. The van der Waals surface area contributed by atoms with Crippen LogP contribution in [0.25, 0.3) is 0 Å². The van der Waals surface area contributed by atoms with Crippen LogP contribution in [-0.2, 0) is 4.74 Å². The predicted octanol–water partition coefficient (Wildman–Crippen LogP) is 2.57. The van der Waals surface area contributed by atoms with Crippen molar-refractivity contribution in [3.8, 4) is 11.8 Å². The fourth-order valence-electron chi connectivity index (χ4n) is 3.68. The van der Waals surface area contributed by atoms with E-state index in [2.05, 4.69) is 27.1 Å². The van der Waals surface area contributed by atoms with Crippen molar-refractivity contribution in [1.29, 1.82) is 5.26 Å². The molecule has 2 aromatic rings. The van der Waals surface area contributed by atoms with Gasteiger partial charge in [0.05, 0.1) is 37.2 Å². The average Bonchev–Trinajstić information content (AvgIpc) is 2.79.